The average molecular weight is 244 g/mol. The van der Waals surface area contributed by atoms with Gasteiger partial charge in [-0.1, -0.05) is 27.2 Å². The first-order valence-electron chi connectivity index (χ1n) is 7.05. The fraction of sp³-hybridized carbons (Fsp3) is 1.00. The number of hydrogen-bond donors (Lipinski definition) is 1. The van der Waals surface area contributed by atoms with Crippen molar-refractivity contribution >= 4 is 0 Å². The summed E-state index contributed by atoms with van der Waals surface area (Å²) in [6.07, 6.45) is 3.77. The highest BCUT2D eigenvalue weighted by molar-refractivity contribution is 4.67. The minimum atomic E-state index is 0.655. The van der Waals surface area contributed by atoms with E-state index in [9.17, 15) is 0 Å². The van der Waals surface area contributed by atoms with E-state index in [2.05, 4.69) is 45.1 Å². The van der Waals surface area contributed by atoms with E-state index in [1.165, 1.54) is 19.3 Å². The Morgan fingerprint density at radius 1 is 1.12 bits per heavy atom. The molecule has 0 rings (SSSR count). The largest absolute Gasteiger partial charge is 0.379 e. The van der Waals surface area contributed by atoms with E-state index in [1.807, 2.05) is 0 Å². The number of rotatable bonds is 11. The summed E-state index contributed by atoms with van der Waals surface area (Å²) in [6, 6.07) is 0.655. The van der Waals surface area contributed by atoms with Crippen LogP contribution in [0.1, 0.15) is 40.0 Å². The summed E-state index contributed by atoms with van der Waals surface area (Å²) in [5, 5.41) is 3.58. The van der Waals surface area contributed by atoms with Crippen molar-refractivity contribution in [3.63, 3.8) is 0 Å². The molecule has 0 aromatic rings. The molecule has 0 spiro atoms. The van der Waals surface area contributed by atoms with Gasteiger partial charge in [0.2, 0.25) is 0 Å². The Morgan fingerprint density at radius 2 is 1.82 bits per heavy atom. The van der Waals surface area contributed by atoms with Crippen molar-refractivity contribution < 1.29 is 4.74 Å². The van der Waals surface area contributed by atoms with Gasteiger partial charge in [0.1, 0.15) is 0 Å². The maximum absolute atomic E-state index is 5.57. The van der Waals surface area contributed by atoms with E-state index in [1.54, 1.807) is 0 Å². The molecule has 0 aromatic carbocycles. The summed E-state index contributed by atoms with van der Waals surface area (Å²) in [7, 11) is 4.14. The smallest absolute Gasteiger partial charge is 0.0593 e. The first-order chi connectivity index (χ1) is 8.10. The van der Waals surface area contributed by atoms with Crippen LogP contribution in [-0.2, 0) is 4.74 Å². The zero-order valence-electron chi connectivity index (χ0n) is 12.5. The molecule has 1 N–H and O–H groups in total. The molecule has 3 heteroatoms. The monoisotopic (exact) mass is 244 g/mol. The van der Waals surface area contributed by atoms with Crippen LogP contribution in [0.25, 0.3) is 0 Å². The van der Waals surface area contributed by atoms with Gasteiger partial charge < -0.3 is 15.0 Å². The topological polar surface area (TPSA) is 24.5 Å². The van der Waals surface area contributed by atoms with Gasteiger partial charge >= 0.3 is 0 Å². The molecule has 2 unspecified atom stereocenters. The SMILES string of the molecule is CCC(C)CC(CC)NCCOCCN(C)C. The number of likely N-dealkylation sites (N-methyl/N-ethyl adjacent to an activating group) is 1. The van der Waals surface area contributed by atoms with E-state index >= 15 is 0 Å². The predicted molar refractivity (Wildman–Crippen MR) is 75.5 cm³/mol. The molecule has 0 aliphatic rings. The van der Waals surface area contributed by atoms with Crippen LogP contribution in [0.3, 0.4) is 0 Å². The van der Waals surface area contributed by atoms with Crippen LogP contribution < -0.4 is 5.32 Å². The lowest BCUT2D eigenvalue weighted by atomic mass is 9.98. The molecule has 0 aromatic heterocycles. The lowest BCUT2D eigenvalue weighted by Crippen LogP contribution is -2.33. The third kappa shape index (κ3) is 10.7. The Balaban J connectivity index is 3.43. The molecule has 104 valence electrons. The first kappa shape index (κ1) is 16.9. The van der Waals surface area contributed by atoms with Gasteiger partial charge in [-0.25, -0.2) is 0 Å². The molecule has 0 bridgehead atoms. The zero-order chi connectivity index (χ0) is 13.1. The standard InChI is InChI=1S/C14H32N2O/c1-6-13(3)12-14(7-2)15-8-10-17-11-9-16(4)5/h13-15H,6-12H2,1-5H3. The van der Waals surface area contributed by atoms with E-state index in [-0.39, 0.29) is 0 Å². The highest BCUT2D eigenvalue weighted by Crippen LogP contribution is 2.11. The first-order valence-corrected chi connectivity index (χ1v) is 7.05. The fourth-order valence-electron chi connectivity index (χ4n) is 1.73. The lowest BCUT2D eigenvalue weighted by molar-refractivity contribution is 0.116. The summed E-state index contributed by atoms with van der Waals surface area (Å²) in [5.41, 5.74) is 0. The molecular weight excluding hydrogens is 212 g/mol. The Hall–Kier alpha value is -0.120. The number of nitrogens with zero attached hydrogens (tertiary/aromatic N) is 1. The second-order valence-electron chi connectivity index (χ2n) is 5.22. The van der Waals surface area contributed by atoms with E-state index in [4.69, 9.17) is 4.74 Å². The van der Waals surface area contributed by atoms with Gasteiger partial charge in [0, 0.05) is 19.1 Å². The molecule has 0 aliphatic carbocycles. The van der Waals surface area contributed by atoms with Gasteiger partial charge in [-0.05, 0) is 32.9 Å². The molecule has 0 saturated heterocycles. The molecule has 0 radical (unpaired) electrons. The quantitative estimate of drug-likeness (QED) is 0.565. The van der Waals surface area contributed by atoms with E-state index in [0.717, 1.165) is 32.2 Å². The van der Waals surface area contributed by atoms with Crippen LogP contribution in [0.2, 0.25) is 0 Å². The minimum Gasteiger partial charge on any atom is -0.379 e. The highest BCUT2D eigenvalue weighted by atomic mass is 16.5. The molecule has 0 fully saturated rings. The normalized spacial score (nSPS) is 15.2. The molecule has 3 nitrogen and oxygen atoms in total. The van der Waals surface area contributed by atoms with Crippen LogP contribution in [0.15, 0.2) is 0 Å². The van der Waals surface area contributed by atoms with Crippen LogP contribution >= 0.6 is 0 Å². The van der Waals surface area contributed by atoms with Crippen LogP contribution in [0, 0.1) is 5.92 Å². The maximum Gasteiger partial charge on any atom is 0.0593 e. The Morgan fingerprint density at radius 3 is 2.35 bits per heavy atom. The second-order valence-corrected chi connectivity index (χ2v) is 5.22. The summed E-state index contributed by atoms with van der Waals surface area (Å²) in [5.74, 6) is 0.821. The van der Waals surface area contributed by atoms with Crippen molar-refractivity contribution in [1.29, 1.82) is 0 Å². The Bertz CT molecular complexity index is 162. The number of ether oxygens (including phenoxy) is 1. The molecule has 2 atom stereocenters. The van der Waals surface area contributed by atoms with Crippen molar-refractivity contribution in [3.8, 4) is 0 Å². The van der Waals surface area contributed by atoms with Gasteiger partial charge in [-0.3, -0.25) is 0 Å². The summed E-state index contributed by atoms with van der Waals surface area (Å²) >= 11 is 0. The van der Waals surface area contributed by atoms with Gasteiger partial charge in [0.25, 0.3) is 0 Å². The van der Waals surface area contributed by atoms with Crippen molar-refractivity contribution in [2.24, 2.45) is 5.92 Å². The Kier molecular flexibility index (Phi) is 10.9. The van der Waals surface area contributed by atoms with Crippen molar-refractivity contribution in [2.75, 3.05) is 40.4 Å². The number of hydrogen-bond acceptors (Lipinski definition) is 3. The van der Waals surface area contributed by atoms with Gasteiger partial charge in [0.05, 0.1) is 13.2 Å². The number of nitrogens with one attached hydrogen (secondary N) is 1. The van der Waals surface area contributed by atoms with Crippen molar-refractivity contribution in [3.05, 3.63) is 0 Å². The van der Waals surface area contributed by atoms with Crippen LogP contribution in [-0.4, -0.2) is 51.3 Å². The highest BCUT2D eigenvalue weighted by Gasteiger charge is 2.09. The lowest BCUT2D eigenvalue weighted by Gasteiger charge is -2.20. The van der Waals surface area contributed by atoms with Crippen LogP contribution in [0.4, 0.5) is 0 Å². The third-order valence-corrected chi connectivity index (χ3v) is 3.24. The summed E-state index contributed by atoms with van der Waals surface area (Å²) < 4.78 is 5.57. The van der Waals surface area contributed by atoms with E-state index in [0.29, 0.717) is 6.04 Å². The van der Waals surface area contributed by atoms with E-state index < -0.39 is 0 Å². The average Bonchev–Trinajstić information content (AvgIpc) is 2.31. The Labute approximate surface area is 108 Å². The molecular formula is C14H32N2O. The van der Waals surface area contributed by atoms with Crippen molar-refractivity contribution in [1.82, 2.24) is 10.2 Å². The second kappa shape index (κ2) is 11.0. The predicted octanol–water partition coefficient (Wildman–Crippen LogP) is 2.37. The molecule has 0 amide bonds. The maximum atomic E-state index is 5.57. The molecule has 17 heavy (non-hydrogen) atoms. The minimum absolute atomic E-state index is 0.655. The molecule has 0 saturated carbocycles. The van der Waals surface area contributed by atoms with Gasteiger partial charge in [-0.2, -0.15) is 0 Å². The van der Waals surface area contributed by atoms with Crippen molar-refractivity contribution in [2.45, 2.75) is 46.1 Å². The van der Waals surface area contributed by atoms with Crippen LogP contribution in [0.5, 0.6) is 0 Å². The van der Waals surface area contributed by atoms with Gasteiger partial charge in [0.15, 0.2) is 0 Å². The summed E-state index contributed by atoms with van der Waals surface area (Å²) in [6.45, 7) is 10.5. The van der Waals surface area contributed by atoms with Gasteiger partial charge in [-0.15, -0.1) is 0 Å². The summed E-state index contributed by atoms with van der Waals surface area (Å²) in [4.78, 5) is 2.14. The molecule has 0 aliphatic heterocycles. The zero-order valence-corrected chi connectivity index (χ0v) is 12.5. The third-order valence-electron chi connectivity index (χ3n) is 3.24. The fourth-order valence-corrected chi connectivity index (χ4v) is 1.73. The molecule has 0 heterocycles.